The van der Waals surface area contributed by atoms with Gasteiger partial charge in [-0.25, -0.2) is 0 Å². The fraction of sp³-hybridized carbons (Fsp3) is 1.00. The molecule has 0 aromatic carbocycles. The summed E-state index contributed by atoms with van der Waals surface area (Å²) in [5, 5.41) is 3.35. The predicted molar refractivity (Wildman–Crippen MR) is 55.6 cm³/mol. The average molecular weight is 185 g/mol. The van der Waals surface area contributed by atoms with Gasteiger partial charge in [-0.3, -0.25) is 0 Å². The Labute approximate surface area is 79.7 Å². The van der Waals surface area contributed by atoms with Gasteiger partial charge in [-0.05, 0) is 55.7 Å². The minimum Gasteiger partial charge on any atom is -0.319 e. The largest absolute Gasteiger partial charge is 0.319 e. The van der Waals surface area contributed by atoms with Crippen LogP contribution >= 0.6 is 11.8 Å². The van der Waals surface area contributed by atoms with Gasteiger partial charge < -0.3 is 5.32 Å². The molecule has 2 aliphatic rings. The first-order valence-electron chi connectivity index (χ1n) is 5.10. The number of rotatable bonds is 2. The van der Waals surface area contributed by atoms with Gasteiger partial charge >= 0.3 is 0 Å². The number of hydrogen-bond acceptors (Lipinski definition) is 2. The van der Waals surface area contributed by atoms with Crippen molar-refractivity contribution in [1.82, 2.24) is 5.32 Å². The van der Waals surface area contributed by atoms with Crippen molar-refractivity contribution in [2.45, 2.75) is 25.7 Å². The van der Waals surface area contributed by atoms with E-state index in [9.17, 15) is 0 Å². The normalized spacial score (nSPS) is 33.2. The van der Waals surface area contributed by atoms with E-state index in [0.29, 0.717) is 0 Å². The summed E-state index contributed by atoms with van der Waals surface area (Å²) >= 11 is 2.18. The Morgan fingerprint density at radius 3 is 2.92 bits per heavy atom. The van der Waals surface area contributed by atoms with Crippen molar-refractivity contribution in [2.75, 3.05) is 25.1 Å². The average Bonchev–Trinajstić information content (AvgIpc) is 2.03. The molecule has 1 nitrogen and oxygen atoms in total. The molecule has 0 amide bonds. The molecule has 0 bridgehead atoms. The molecule has 70 valence electrons. The maximum absolute atomic E-state index is 3.35. The molecule has 1 aliphatic carbocycles. The summed E-state index contributed by atoms with van der Waals surface area (Å²) in [4.78, 5) is 0. The van der Waals surface area contributed by atoms with E-state index in [1.165, 1.54) is 43.7 Å². The summed E-state index contributed by atoms with van der Waals surface area (Å²) in [5.74, 6) is 3.82. The summed E-state index contributed by atoms with van der Waals surface area (Å²) in [6.45, 7) is 1.25. The summed E-state index contributed by atoms with van der Waals surface area (Å²) in [6.07, 6.45) is 5.95. The molecule has 2 fully saturated rings. The van der Waals surface area contributed by atoms with Crippen molar-refractivity contribution in [3.05, 3.63) is 0 Å². The molecule has 1 heterocycles. The topological polar surface area (TPSA) is 12.0 Å². The zero-order valence-corrected chi connectivity index (χ0v) is 8.75. The van der Waals surface area contributed by atoms with Crippen LogP contribution in [0.5, 0.6) is 0 Å². The van der Waals surface area contributed by atoms with Gasteiger partial charge in [0.25, 0.3) is 0 Å². The summed E-state index contributed by atoms with van der Waals surface area (Å²) in [6, 6.07) is 0. The lowest BCUT2D eigenvalue weighted by Gasteiger charge is -2.50. The fourth-order valence-corrected chi connectivity index (χ4v) is 4.20. The van der Waals surface area contributed by atoms with Gasteiger partial charge in [0.15, 0.2) is 0 Å². The molecule has 1 saturated heterocycles. The molecule has 1 spiro atoms. The molecular weight excluding hydrogens is 166 g/mol. The van der Waals surface area contributed by atoms with Crippen LogP contribution in [0, 0.1) is 11.3 Å². The van der Waals surface area contributed by atoms with Crippen LogP contribution in [0.25, 0.3) is 0 Å². The third-order valence-electron chi connectivity index (χ3n) is 3.67. The molecule has 2 heteroatoms. The lowest BCUT2D eigenvalue weighted by molar-refractivity contribution is 0.0709. The van der Waals surface area contributed by atoms with E-state index in [2.05, 4.69) is 24.1 Å². The fourth-order valence-electron chi connectivity index (χ4n) is 2.67. The molecule has 2 rings (SSSR count). The first-order chi connectivity index (χ1) is 5.87. The molecule has 1 saturated carbocycles. The third kappa shape index (κ3) is 1.39. The van der Waals surface area contributed by atoms with Crippen molar-refractivity contribution in [2.24, 2.45) is 11.3 Å². The molecular formula is C10H19NS. The third-order valence-corrected chi connectivity index (χ3v) is 4.97. The first-order valence-corrected chi connectivity index (χ1v) is 6.25. The zero-order chi connectivity index (χ0) is 8.44. The van der Waals surface area contributed by atoms with Crippen LogP contribution in [0.1, 0.15) is 25.7 Å². The highest BCUT2D eigenvalue weighted by Gasteiger charge is 2.44. The maximum atomic E-state index is 3.35. The smallest absolute Gasteiger partial charge is 0.000767 e. The van der Waals surface area contributed by atoms with Gasteiger partial charge in [0, 0.05) is 0 Å². The Balaban J connectivity index is 1.97. The van der Waals surface area contributed by atoms with Crippen molar-refractivity contribution >= 4 is 11.8 Å². The van der Waals surface area contributed by atoms with Gasteiger partial charge in [0.05, 0.1) is 0 Å². The summed E-state index contributed by atoms with van der Waals surface area (Å²) < 4.78 is 0. The highest BCUT2D eigenvalue weighted by Crippen LogP contribution is 2.52. The van der Waals surface area contributed by atoms with Crippen LogP contribution < -0.4 is 5.32 Å². The monoisotopic (exact) mass is 185 g/mol. The molecule has 0 aromatic rings. The highest BCUT2D eigenvalue weighted by molar-refractivity contribution is 7.99. The summed E-state index contributed by atoms with van der Waals surface area (Å²) in [5.41, 5.74) is 0.770. The number of thioether (sulfide) groups is 1. The molecule has 12 heavy (non-hydrogen) atoms. The van der Waals surface area contributed by atoms with Crippen LogP contribution in [-0.2, 0) is 0 Å². The Morgan fingerprint density at radius 2 is 2.33 bits per heavy atom. The predicted octanol–water partition coefficient (Wildman–Crippen LogP) is 2.13. The standard InChI is InChI=1S/C10H19NS/c1-11-7-9-3-6-12-8-10(9)4-2-5-10/h9,11H,2-8H2,1H3. The van der Waals surface area contributed by atoms with Crippen LogP contribution in [0.4, 0.5) is 0 Å². The minimum atomic E-state index is 0.770. The molecule has 1 N–H and O–H groups in total. The zero-order valence-electron chi connectivity index (χ0n) is 7.94. The molecule has 1 atom stereocenters. The van der Waals surface area contributed by atoms with Crippen LogP contribution in [0.15, 0.2) is 0 Å². The Morgan fingerprint density at radius 1 is 1.50 bits per heavy atom. The molecule has 0 radical (unpaired) electrons. The molecule has 1 aliphatic heterocycles. The van der Waals surface area contributed by atoms with Crippen LogP contribution in [0.3, 0.4) is 0 Å². The van der Waals surface area contributed by atoms with E-state index < -0.39 is 0 Å². The van der Waals surface area contributed by atoms with Crippen molar-refractivity contribution in [3.63, 3.8) is 0 Å². The van der Waals surface area contributed by atoms with E-state index in [1.54, 1.807) is 0 Å². The van der Waals surface area contributed by atoms with Gasteiger partial charge in [-0.15, -0.1) is 0 Å². The maximum Gasteiger partial charge on any atom is -0.000767 e. The Kier molecular flexibility index (Phi) is 2.66. The van der Waals surface area contributed by atoms with Crippen molar-refractivity contribution in [1.29, 1.82) is 0 Å². The molecule has 0 aromatic heterocycles. The van der Waals surface area contributed by atoms with Crippen LogP contribution in [0.2, 0.25) is 0 Å². The number of hydrogen-bond donors (Lipinski definition) is 1. The van der Waals surface area contributed by atoms with E-state index >= 15 is 0 Å². The summed E-state index contributed by atoms with van der Waals surface area (Å²) in [7, 11) is 2.09. The van der Waals surface area contributed by atoms with E-state index in [4.69, 9.17) is 0 Å². The lowest BCUT2D eigenvalue weighted by atomic mass is 9.61. The first kappa shape index (κ1) is 8.89. The second-order valence-electron chi connectivity index (χ2n) is 4.31. The second kappa shape index (κ2) is 3.59. The lowest BCUT2D eigenvalue weighted by Crippen LogP contribution is -2.46. The van der Waals surface area contributed by atoms with E-state index in [0.717, 1.165) is 11.3 Å². The number of nitrogens with one attached hydrogen (secondary N) is 1. The van der Waals surface area contributed by atoms with Gasteiger partial charge in [0.1, 0.15) is 0 Å². The Hall–Kier alpha value is 0.310. The Bertz CT molecular complexity index is 152. The van der Waals surface area contributed by atoms with E-state index in [1.807, 2.05) is 0 Å². The minimum absolute atomic E-state index is 0.770. The highest BCUT2D eigenvalue weighted by atomic mass is 32.2. The van der Waals surface area contributed by atoms with E-state index in [-0.39, 0.29) is 0 Å². The van der Waals surface area contributed by atoms with Crippen molar-refractivity contribution in [3.8, 4) is 0 Å². The van der Waals surface area contributed by atoms with Gasteiger partial charge in [-0.1, -0.05) is 6.42 Å². The van der Waals surface area contributed by atoms with Gasteiger partial charge in [0.2, 0.25) is 0 Å². The molecule has 1 unspecified atom stereocenters. The van der Waals surface area contributed by atoms with Crippen molar-refractivity contribution < 1.29 is 0 Å². The van der Waals surface area contributed by atoms with Crippen LogP contribution in [-0.4, -0.2) is 25.1 Å². The second-order valence-corrected chi connectivity index (χ2v) is 5.42. The quantitative estimate of drug-likeness (QED) is 0.707. The van der Waals surface area contributed by atoms with Gasteiger partial charge in [-0.2, -0.15) is 11.8 Å². The SMILES string of the molecule is CNCC1CCSCC12CCC2.